The zero-order valence-electron chi connectivity index (χ0n) is 18.2. The third-order valence-electron chi connectivity index (χ3n) is 5.41. The average Bonchev–Trinajstić information content (AvgIpc) is 3.17. The Morgan fingerprint density at radius 3 is 2.58 bits per heavy atom. The fourth-order valence-electron chi connectivity index (χ4n) is 3.76. The average molecular weight is 459 g/mol. The number of hydrogen-bond donors (Lipinski definition) is 0. The van der Waals surface area contributed by atoms with Crippen molar-refractivity contribution in [2.24, 2.45) is 0 Å². The van der Waals surface area contributed by atoms with E-state index in [1.165, 1.54) is 4.57 Å². The first-order valence-corrected chi connectivity index (χ1v) is 10.6. The van der Waals surface area contributed by atoms with Crippen LogP contribution in [0.3, 0.4) is 0 Å². The van der Waals surface area contributed by atoms with Gasteiger partial charge in [-0.2, -0.15) is 0 Å². The number of aromatic nitrogens is 4. The van der Waals surface area contributed by atoms with Gasteiger partial charge in [-0.3, -0.25) is 9.36 Å². The summed E-state index contributed by atoms with van der Waals surface area (Å²) in [5, 5.41) is 5.82. The lowest BCUT2D eigenvalue weighted by Crippen LogP contribution is -2.23. The van der Waals surface area contributed by atoms with Crippen LogP contribution in [0.5, 0.6) is 5.75 Å². The molecule has 0 aliphatic carbocycles. The molecule has 8 heteroatoms. The monoisotopic (exact) mass is 458 g/mol. The van der Waals surface area contributed by atoms with Gasteiger partial charge in [-0.1, -0.05) is 35.0 Å². The van der Waals surface area contributed by atoms with Gasteiger partial charge in [-0.25, -0.2) is 9.97 Å². The van der Waals surface area contributed by atoms with Crippen molar-refractivity contribution in [3.05, 3.63) is 86.7 Å². The summed E-state index contributed by atoms with van der Waals surface area (Å²) in [6, 6.07) is 14.7. The summed E-state index contributed by atoms with van der Waals surface area (Å²) in [5.74, 6) is 1.71. The lowest BCUT2D eigenvalue weighted by Gasteiger charge is -2.10. The lowest BCUT2D eigenvalue weighted by atomic mass is 10.1. The highest BCUT2D eigenvalue weighted by molar-refractivity contribution is 6.31. The van der Waals surface area contributed by atoms with Crippen LogP contribution in [-0.2, 0) is 0 Å². The molecule has 0 atom stereocenters. The van der Waals surface area contributed by atoms with Crippen LogP contribution in [-0.4, -0.2) is 26.8 Å². The van der Waals surface area contributed by atoms with Gasteiger partial charge in [0.05, 0.1) is 18.0 Å². The first-order chi connectivity index (χ1) is 15.9. The minimum atomic E-state index is -0.253. The molecule has 0 saturated heterocycles. The molecule has 0 amide bonds. The Morgan fingerprint density at radius 1 is 1.03 bits per heavy atom. The number of pyridine rings is 1. The van der Waals surface area contributed by atoms with Gasteiger partial charge in [0, 0.05) is 10.4 Å². The third kappa shape index (κ3) is 3.76. The maximum Gasteiger partial charge on any atom is 0.267 e. The summed E-state index contributed by atoms with van der Waals surface area (Å²) >= 11 is 6.13. The van der Waals surface area contributed by atoms with Gasteiger partial charge >= 0.3 is 0 Å². The van der Waals surface area contributed by atoms with Crippen LogP contribution in [0.4, 0.5) is 0 Å². The van der Waals surface area contributed by atoms with Crippen LogP contribution >= 0.6 is 11.6 Å². The van der Waals surface area contributed by atoms with E-state index >= 15 is 0 Å². The van der Waals surface area contributed by atoms with Gasteiger partial charge in [0.2, 0.25) is 0 Å². The third-order valence-corrected chi connectivity index (χ3v) is 5.64. The Labute approximate surface area is 193 Å². The van der Waals surface area contributed by atoms with Gasteiger partial charge < -0.3 is 9.26 Å². The van der Waals surface area contributed by atoms with Crippen LogP contribution < -0.4 is 10.3 Å². The van der Waals surface area contributed by atoms with Crippen molar-refractivity contribution in [3.8, 4) is 11.4 Å². The maximum absolute atomic E-state index is 13.6. The number of hydrogen-bond acceptors (Lipinski definition) is 6. The molecule has 0 aliphatic rings. The molecule has 0 saturated carbocycles. The highest BCUT2D eigenvalue weighted by Crippen LogP contribution is 2.24. The Morgan fingerprint density at radius 2 is 1.82 bits per heavy atom. The number of benzene rings is 2. The standard InChI is InChI=1S/C25H19ClN4O3/c1-14-23(22(33-29-14)11-6-16-4-8-19(32-3)9-5-16)30-15(2)27-24-20(25(30)31)13-17-12-18(26)7-10-21(17)28-24/h4-13H,1-3H3/b11-6+. The molecule has 0 bridgehead atoms. The van der Waals surface area contributed by atoms with Crippen LogP contribution in [0.2, 0.25) is 5.02 Å². The zero-order chi connectivity index (χ0) is 23.1. The number of halogens is 1. The molecule has 164 valence electrons. The molecule has 5 rings (SSSR count). The fourth-order valence-corrected chi connectivity index (χ4v) is 3.95. The zero-order valence-corrected chi connectivity index (χ0v) is 18.9. The summed E-state index contributed by atoms with van der Waals surface area (Å²) < 4.78 is 12.3. The van der Waals surface area contributed by atoms with Gasteiger partial charge in [0.1, 0.15) is 23.0 Å². The van der Waals surface area contributed by atoms with Crippen LogP contribution in [0, 0.1) is 13.8 Å². The van der Waals surface area contributed by atoms with E-state index in [1.807, 2.05) is 36.4 Å². The predicted molar refractivity (Wildman–Crippen MR) is 129 cm³/mol. The highest BCUT2D eigenvalue weighted by atomic mass is 35.5. The van der Waals surface area contributed by atoms with E-state index < -0.39 is 0 Å². The number of methoxy groups -OCH3 is 1. The van der Waals surface area contributed by atoms with Crippen molar-refractivity contribution in [1.82, 2.24) is 19.7 Å². The molecule has 2 aromatic carbocycles. The normalized spacial score (nSPS) is 11.6. The van der Waals surface area contributed by atoms with E-state index in [2.05, 4.69) is 15.1 Å². The van der Waals surface area contributed by atoms with E-state index in [9.17, 15) is 4.79 Å². The quantitative estimate of drug-likeness (QED) is 0.336. The van der Waals surface area contributed by atoms with Crippen LogP contribution in [0.25, 0.3) is 39.8 Å². The second kappa shape index (κ2) is 8.18. The first-order valence-electron chi connectivity index (χ1n) is 10.2. The van der Waals surface area contributed by atoms with Crippen molar-refractivity contribution in [3.63, 3.8) is 0 Å². The summed E-state index contributed by atoms with van der Waals surface area (Å²) in [4.78, 5) is 22.7. The van der Waals surface area contributed by atoms with E-state index in [0.717, 1.165) is 22.2 Å². The fraction of sp³-hybridized carbons (Fsp3) is 0.120. The molecule has 0 spiro atoms. The molecular formula is C25H19ClN4O3. The summed E-state index contributed by atoms with van der Waals surface area (Å²) in [6.45, 7) is 3.55. The Hall–Kier alpha value is -3.97. The largest absolute Gasteiger partial charge is 0.497 e. The topological polar surface area (TPSA) is 83.0 Å². The van der Waals surface area contributed by atoms with Crippen molar-refractivity contribution in [1.29, 1.82) is 0 Å². The molecule has 3 heterocycles. The minimum absolute atomic E-state index is 0.253. The molecule has 33 heavy (non-hydrogen) atoms. The van der Waals surface area contributed by atoms with Crippen molar-refractivity contribution < 1.29 is 9.26 Å². The number of fused-ring (bicyclic) bond motifs is 2. The molecule has 0 unspecified atom stereocenters. The van der Waals surface area contributed by atoms with Gasteiger partial charge in [-0.15, -0.1) is 0 Å². The molecule has 7 nitrogen and oxygen atoms in total. The molecule has 0 radical (unpaired) electrons. The molecule has 0 aliphatic heterocycles. The Bertz CT molecular complexity index is 1600. The molecule has 0 N–H and O–H groups in total. The van der Waals surface area contributed by atoms with E-state index in [-0.39, 0.29) is 5.56 Å². The minimum Gasteiger partial charge on any atom is -0.497 e. The Balaban J connectivity index is 1.66. The van der Waals surface area contributed by atoms with Gasteiger partial charge in [0.25, 0.3) is 5.56 Å². The van der Waals surface area contributed by atoms with Gasteiger partial charge in [0.15, 0.2) is 11.4 Å². The van der Waals surface area contributed by atoms with Crippen LogP contribution in [0.1, 0.15) is 22.8 Å². The van der Waals surface area contributed by atoms with E-state index in [0.29, 0.717) is 39.0 Å². The molecule has 5 aromatic rings. The second-order valence-electron chi connectivity index (χ2n) is 7.58. The van der Waals surface area contributed by atoms with Crippen LogP contribution in [0.15, 0.2) is 57.8 Å². The summed E-state index contributed by atoms with van der Waals surface area (Å²) in [7, 11) is 1.62. The second-order valence-corrected chi connectivity index (χ2v) is 8.02. The van der Waals surface area contributed by atoms with Crippen molar-refractivity contribution >= 4 is 45.7 Å². The Kier molecular flexibility index (Phi) is 5.18. The smallest absolute Gasteiger partial charge is 0.267 e. The summed E-state index contributed by atoms with van der Waals surface area (Å²) in [6.07, 6.45) is 3.67. The highest BCUT2D eigenvalue weighted by Gasteiger charge is 2.19. The maximum atomic E-state index is 13.6. The SMILES string of the molecule is COc1ccc(/C=C/c2onc(C)c2-n2c(C)nc3nc4ccc(Cl)cc4cc3c2=O)cc1. The van der Waals surface area contributed by atoms with Gasteiger partial charge in [-0.05, 0) is 61.9 Å². The molecule has 0 fully saturated rings. The number of ether oxygens (including phenoxy) is 1. The molecule has 3 aromatic heterocycles. The number of nitrogens with zero attached hydrogens (tertiary/aromatic N) is 4. The number of aryl methyl sites for hydroxylation is 2. The predicted octanol–water partition coefficient (Wildman–Crippen LogP) is 5.37. The molecular weight excluding hydrogens is 440 g/mol. The number of rotatable bonds is 4. The van der Waals surface area contributed by atoms with Crippen molar-refractivity contribution in [2.45, 2.75) is 13.8 Å². The first kappa shape index (κ1) is 20.9. The van der Waals surface area contributed by atoms with E-state index in [4.69, 9.17) is 20.9 Å². The van der Waals surface area contributed by atoms with E-state index in [1.54, 1.807) is 45.2 Å². The lowest BCUT2D eigenvalue weighted by molar-refractivity contribution is 0.408. The summed E-state index contributed by atoms with van der Waals surface area (Å²) in [5.41, 5.74) is 2.92. The van der Waals surface area contributed by atoms with Crippen molar-refractivity contribution in [2.75, 3.05) is 7.11 Å².